The summed E-state index contributed by atoms with van der Waals surface area (Å²) in [6.07, 6.45) is 9.61. The smallest absolute Gasteiger partial charge is 0.218 e. The van der Waals surface area contributed by atoms with Crippen LogP contribution in [0, 0.1) is 0 Å². The maximum atomic E-state index is 5.46. The quantitative estimate of drug-likeness (QED) is 0.456. The van der Waals surface area contributed by atoms with Crippen LogP contribution in [0.2, 0.25) is 0 Å². The van der Waals surface area contributed by atoms with E-state index in [1.54, 1.807) is 0 Å². The van der Waals surface area contributed by atoms with Gasteiger partial charge >= 0.3 is 0 Å². The molecule has 0 aromatic carbocycles. The molecule has 0 aromatic heterocycles. The lowest BCUT2D eigenvalue weighted by Crippen LogP contribution is -2.26. The number of guanidine groups is 2. The van der Waals surface area contributed by atoms with Crippen LogP contribution in [0.5, 0.6) is 0 Å². The molecule has 5 heteroatoms. The zero-order valence-electron chi connectivity index (χ0n) is 8.69. The van der Waals surface area contributed by atoms with E-state index < -0.39 is 0 Å². The molecule has 0 amide bonds. The highest BCUT2D eigenvalue weighted by Gasteiger charge is 1.96. The molecule has 1 rings (SSSR count). The van der Waals surface area contributed by atoms with Crippen molar-refractivity contribution in [3.05, 3.63) is 23.8 Å². The minimum absolute atomic E-state index is 0.0620. The zero-order chi connectivity index (χ0) is 11.1. The Morgan fingerprint density at radius 3 is 2.67 bits per heavy atom. The molecule has 0 spiro atoms. The molecule has 82 valence electrons. The van der Waals surface area contributed by atoms with Crippen LogP contribution in [0.3, 0.4) is 0 Å². The highest BCUT2D eigenvalue weighted by molar-refractivity contribution is 5.92. The van der Waals surface area contributed by atoms with Crippen LogP contribution in [0.4, 0.5) is 0 Å². The number of nitrogens with zero attached hydrogens (tertiary/aromatic N) is 2. The lowest BCUT2D eigenvalue weighted by atomic mass is 10.0. The predicted molar refractivity (Wildman–Crippen MR) is 63.4 cm³/mol. The molecule has 0 bridgehead atoms. The van der Waals surface area contributed by atoms with Crippen LogP contribution in [0.1, 0.15) is 19.3 Å². The molecule has 15 heavy (non-hydrogen) atoms. The van der Waals surface area contributed by atoms with Crippen molar-refractivity contribution in [3.63, 3.8) is 0 Å². The Morgan fingerprint density at radius 1 is 1.27 bits per heavy atom. The van der Waals surface area contributed by atoms with Crippen molar-refractivity contribution in [1.29, 1.82) is 0 Å². The monoisotopic (exact) mass is 207 g/mol. The fourth-order valence-electron chi connectivity index (χ4n) is 1.32. The van der Waals surface area contributed by atoms with Crippen molar-refractivity contribution >= 4 is 11.9 Å². The SMILES string of the molecule is NC(N)=NC(N)=NCCC1=CCCC=C1. The van der Waals surface area contributed by atoms with E-state index in [4.69, 9.17) is 17.2 Å². The first-order valence-electron chi connectivity index (χ1n) is 4.93. The van der Waals surface area contributed by atoms with Gasteiger partial charge < -0.3 is 17.2 Å². The summed E-state index contributed by atoms with van der Waals surface area (Å²) in [4.78, 5) is 7.65. The molecule has 1 aliphatic carbocycles. The normalized spacial score (nSPS) is 16.0. The van der Waals surface area contributed by atoms with E-state index in [-0.39, 0.29) is 11.9 Å². The van der Waals surface area contributed by atoms with E-state index in [1.807, 2.05) is 0 Å². The van der Waals surface area contributed by atoms with Crippen LogP contribution in [-0.2, 0) is 0 Å². The van der Waals surface area contributed by atoms with E-state index >= 15 is 0 Å². The van der Waals surface area contributed by atoms with Crippen molar-refractivity contribution in [3.8, 4) is 0 Å². The molecule has 0 radical (unpaired) electrons. The molecule has 0 fully saturated rings. The predicted octanol–water partition coefficient (Wildman–Crippen LogP) is 0.241. The number of rotatable bonds is 3. The van der Waals surface area contributed by atoms with Gasteiger partial charge in [-0.2, -0.15) is 4.99 Å². The van der Waals surface area contributed by atoms with Gasteiger partial charge in [-0.1, -0.05) is 23.8 Å². The Hall–Kier alpha value is -1.78. The first-order valence-corrected chi connectivity index (χ1v) is 4.93. The molecular formula is C10H17N5. The molecule has 0 heterocycles. The summed E-state index contributed by atoms with van der Waals surface area (Å²) < 4.78 is 0. The first-order chi connectivity index (χ1) is 7.18. The van der Waals surface area contributed by atoms with Crippen molar-refractivity contribution in [1.82, 2.24) is 0 Å². The fourth-order valence-corrected chi connectivity index (χ4v) is 1.32. The van der Waals surface area contributed by atoms with Gasteiger partial charge in [0.15, 0.2) is 5.96 Å². The van der Waals surface area contributed by atoms with Crippen LogP contribution in [0.25, 0.3) is 0 Å². The Morgan fingerprint density at radius 2 is 2.07 bits per heavy atom. The second kappa shape index (κ2) is 5.85. The van der Waals surface area contributed by atoms with Gasteiger partial charge in [-0.05, 0) is 19.3 Å². The number of nitrogens with two attached hydrogens (primary N) is 3. The van der Waals surface area contributed by atoms with Gasteiger partial charge in [-0.15, -0.1) is 0 Å². The fraction of sp³-hybridized carbons (Fsp3) is 0.400. The molecule has 0 atom stereocenters. The Kier molecular flexibility index (Phi) is 4.40. The third-order valence-corrected chi connectivity index (χ3v) is 1.99. The van der Waals surface area contributed by atoms with Crippen molar-refractivity contribution in [2.75, 3.05) is 6.54 Å². The molecule has 0 aliphatic heterocycles. The van der Waals surface area contributed by atoms with E-state index in [1.165, 1.54) is 5.57 Å². The second-order valence-electron chi connectivity index (χ2n) is 3.29. The van der Waals surface area contributed by atoms with Gasteiger partial charge in [0.2, 0.25) is 5.96 Å². The van der Waals surface area contributed by atoms with Crippen molar-refractivity contribution < 1.29 is 0 Å². The van der Waals surface area contributed by atoms with E-state index in [2.05, 4.69) is 28.2 Å². The number of aliphatic imine (C=N–C) groups is 2. The Labute approximate surface area is 89.4 Å². The van der Waals surface area contributed by atoms with Gasteiger partial charge in [-0.25, -0.2) is 0 Å². The maximum Gasteiger partial charge on any atom is 0.218 e. The summed E-state index contributed by atoms with van der Waals surface area (Å²) in [6, 6.07) is 0. The summed E-state index contributed by atoms with van der Waals surface area (Å²) in [6.45, 7) is 0.610. The lowest BCUT2D eigenvalue weighted by molar-refractivity contribution is 0.924. The molecule has 0 unspecified atom stereocenters. The molecular weight excluding hydrogens is 190 g/mol. The number of hydrogen-bond donors (Lipinski definition) is 3. The molecule has 1 aliphatic rings. The van der Waals surface area contributed by atoms with Crippen LogP contribution >= 0.6 is 0 Å². The third-order valence-electron chi connectivity index (χ3n) is 1.99. The summed E-state index contributed by atoms with van der Waals surface area (Å²) in [7, 11) is 0. The van der Waals surface area contributed by atoms with E-state index in [0.29, 0.717) is 6.54 Å². The maximum absolute atomic E-state index is 5.46. The minimum Gasteiger partial charge on any atom is -0.370 e. The topological polar surface area (TPSA) is 103 Å². The molecule has 5 nitrogen and oxygen atoms in total. The van der Waals surface area contributed by atoms with Crippen LogP contribution < -0.4 is 17.2 Å². The number of hydrogen-bond acceptors (Lipinski definition) is 1. The zero-order valence-corrected chi connectivity index (χ0v) is 8.69. The Balaban J connectivity index is 2.35. The summed E-state index contributed by atoms with van der Waals surface area (Å²) in [5, 5.41) is 0. The van der Waals surface area contributed by atoms with E-state index in [0.717, 1.165) is 19.3 Å². The molecule has 0 saturated heterocycles. The van der Waals surface area contributed by atoms with Gasteiger partial charge in [0.05, 0.1) is 0 Å². The van der Waals surface area contributed by atoms with Crippen molar-refractivity contribution in [2.24, 2.45) is 27.2 Å². The average Bonchev–Trinajstić information content (AvgIpc) is 2.18. The molecule has 0 aromatic rings. The summed E-state index contributed by atoms with van der Waals surface area (Å²) >= 11 is 0. The van der Waals surface area contributed by atoms with Gasteiger partial charge in [-0.3, -0.25) is 4.99 Å². The average molecular weight is 207 g/mol. The standard InChI is InChI=1S/C10H17N5/c11-9(12)15-10(13)14-7-6-8-4-2-1-3-5-8/h2,4-5H,1,3,6-7H2,(H6,11,12,13,14,15). The molecule has 6 N–H and O–H groups in total. The second-order valence-corrected chi connectivity index (χ2v) is 3.29. The van der Waals surface area contributed by atoms with Crippen LogP contribution in [-0.4, -0.2) is 18.5 Å². The Bertz CT molecular complexity index is 321. The first kappa shape index (κ1) is 11.3. The van der Waals surface area contributed by atoms with Gasteiger partial charge in [0.1, 0.15) is 0 Å². The highest BCUT2D eigenvalue weighted by atomic mass is 15.1. The number of allylic oxidation sites excluding steroid dienone is 3. The summed E-state index contributed by atoms with van der Waals surface area (Å²) in [5.74, 6) is 0.0726. The van der Waals surface area contributed by atoms with Gasteiger partial charge in [0.25, 0.3) is 0 Å². The largest absolute Gasteiger partial charge is 0.370 e. The lowest BCUT2D eigenvalue weighted by Gasteiger charge is -2.04. The van der Waals surface area contributed by atoms with Crippen LogP contribution in [0.15, 0.2) is 33.8 Å². The van der Waals surface area contributed by atoms with E-state index in [9.17, 15) is 0 Å². The van der Waals surface area contributed by atoms with Crippen molar-refractivity contribution in [2.45, 2.75) is 19.3 Å². The third kappa shape index (κ3) is 4.85. The highest BCUT2D eigenvalue weighted by Crippen LogP contribution is 2.12. The molecule has 0 saturated carbocycles. The minimum atomic E-state index is -0.0620. The summed E-state index contributed by atoms with van der Waals surface area (Å²) in [5.41, 5.74) is 17.1. The van der Waals surface area contributed by atoms with Gasteiger partial charge in [0, 0.05) is 6.54 Å².